The molecular weight excluding hydrogens is 279 g/mol. The molecule has 0 aromatic heterocycles. The molecule has 19 heavy (non-hydrogen) atoms. The minimum absolute atomic E-state index is 0.188. The molecule has 0 saturated heterocycles. The van der Waals surface area contributed by atoms with Gasteiger partial charge in [0.05, 0.1) is 10.0 Å². The topological polar surface area (TPSA) is 15.3 Å². The Bertz CT molecular complexity index is 417. The van der Waals surface area contributed by atoms with Crippen molar-refractivity contribution < 1.29 is 0 Å². The molecule has 0 aliphatic heterocycles. The first-order valence-corrected chi connectivity index (χ1v) is 7.30. The van der Waals surface area contributed by atoms with Gasteiger partial charge in [-0.15, -0.1) is 0 Å². The standard InChI is InChI=1S/C15H24Cl2N2/c1-11(12-7-6-8-13(16)14(12)17)18-9-15(2,3)10-19(4)5/h6-8,11,18H,9-10H2,1-5H3. The molecule has 0 saturated carbocycles. The first-order valence-electron chi connectivity index (χ1n) is 6.55. The molecule has 0 bridgehead atoms. The van der Waals surface area contributed by atoms with Crippen LogP contribution in [0.4, 0.5) is 0 Å². The van der Waals surface area contributed by atoms with E-state index in [0.29, 0.717) is 10.0 Å². The Labute approximate surface area is 127 Å². The molecule has 2 nitrogen and oxygen atoms in total. The number of hydrogen-bond donors (Lipinski definition) is 1. The van der Waals surface area contributed by atoms with Gasteiger partial charge in [0.1, 0.15) is 0 Å². The number of nitrogens with zero attached hydrogens (tertiary/aromatic N) is 1. The van der Waals surface area contributed by atoms with Crippen LogP contribution in [0.5, 0.6) is 0 Å². The Balaban J connectivity index is 2.65. The van der Waals surface area contributed by atoms with E-state index in [1.54, 1.807) is 0 Å². The van der Waals surface area contributed by atoms with Crippen molar-refractivity contribution in [3.63, 3.8) is 0 Å². The van der Waals surface area contributed by atoms with Crippen LogP contribution in [0.3, 0.4) is 0 Å². The summed E-state index contributed by atoms with van der Waals surface area (Å²) < 4.78 is 0. The number of halogens is 2. The van der Waals surface area contributed by atoms with E-state index >= 15 is 0 Å². The van der Waals surface area contributed by atoms with E-state index in [4.69, 9.17) is 23.2 Å². The molecule has 1 rings (SSSR count). The average Bonchev–Trinajstić information content (AvgIpc) is 2.28. The van der Waals surface area contributed by atoms with Gasteiger partial charge in [0, 0.05) is 19.1 Å². The second kappa shape index (κ2) is 6.94. The third-order valence-corrected chi connectivity index (χ3v) is 3.91. The molecule has 1 N–H and O–H groups in total. The summed E-state index contributed by atoms with van der Waals surface area (Å²) in [5.41, 5.74) is 1.26. The van der Waals surface area contributed by atoms with Crippen molar-refractivity contribution in [2.24, 2.45) is 5.41 Å². The summed E-state index contributed by atoms with van der Waals surface area (Å²) in [5.74, 6) is 0. The monoisotopic (exact) mass is 302 g/mol. The SMILES string of the molecule is CC(NCC(C)(C)CN(C)C)c1cccc(Cl)c1Cl. The van der Waals surface area contributed by atoms with E-state index in [0.717, 1.165) is 18.7 Å². The Morgan fingerprint density at radius 2 is 1.89 bits per heavy atom. The van der Waals surface area contributed by atoms with E-state index < -0.39 is 0 Å². The van der Waals surface area contributed by atoms with Crippen molar-refractivity contribution in [2.75, 3.05) is 27.2 Å². The number of rotatable bonds is 6. The van der Waals surface area contributed by atoms with Gasteiger partial charge in [-0.2, -0.15) is 0 Å². The molecular formula is C15H24Cl2N2. The molecule has 0 heterocycles. The van der Waals surface area contributed by atoms with Crippen LogP contribution < -0.4 is 5.32 Å². The highest BCUT2D eigenvalue weighted by atomic mass is 35.5. The predicted molar refractivity (Wildman–Crippen MR) is 85.2 cm³/mol. The largest absolute Gasteiger partial charge is 0.310 e. The van der Waals surface area contributed by atoms with Gasteiger partial charge in [-0.3, -0.25) is 0 Å². The highest BCUT2D eigenvalue weighted by Crippen LogP contribution is 2.30. The molecule has 1 unspecified atom stereocenters. The van der Waals surface area contributed by atoms with Crippen LogP contribution in [0.15, 0.2) is 18.2 Å². The summed E-state index contributed by atoms with van der Waals surface area (Å²) in [7, 11) is 4.19. The lowest BCUT2D eigenvalue weighted by Crippen LogP contribution is -2.38. The van der Waals surface area contributed by atoms with Crippen molar-refractivity contribution in [3.05, 3.63) is 33.8 Å². The van der Waals surface area contributed by atoms with E-state index in [-0.39, 0.29) is 11.5 Å². The number of hydrogen-bond acceptors (Lipinski definition) is 2. The van der Waals surface area contributed by atoms with Crippen molar-refractivity contribution in [1.29, 1.82) is 0 Å². The fourth-order valence-corrected chi connectivity index (χ4v) is 2.78. The summed E-state index contributed by atoms with van der Waals surface area (Å²) >= 11 is 12.3. The highest BCUT2D eigenvalue weighted by Gasteiger charge is 2.20. The number of benzene rings is 1. The van der Waals surface area contributed by atoms with E-state index in [1.165, 1.54) is 0 Å². The molecule has 0 spiro atoms. The lowest BCUT2D eigenvalue weighted by atomic mass is 9.92. The maximum absolute atomic E-state index is 6.24. The van der Waals surface area contributed by atoms with Gasteiger partial charge >= 0.3 is 0 Å². The third-order valence-electron chi connectivity index (χ3n) is 3.08. The molecule has 4 heteroatoms. The van der Waals surface area contributed by atoms with Crippen molar-refractivity contribution >= 4 is 23.2 Å². The van der Waals surface area contributed by atoms with Crippen LogP contribution >= 0.6 is 23.2 Å². The predicted octanol–water partition coefficient (Wildman–Crippen LogP) is 4.23. The van der Waals surface area contributed by atoms with Gasteiger partial charge in [0.15, 0.2) is 0 Å². The zero-order valence-electron chi connectivity index (χ0n) is 12.4. The highest BCUT2D eigenvalue weighted by molar-refractivity contribution is 6.42. The van der Waals surface area contributed by atoms with Crippen LogP contribution in [-0.2, 0) is 0 Å². The second-order valence-electron chi connectivity index (χ2n) is 6.15. The molecule has 0 aliphatic carbocycles. The fourth-order valence-electron chi connectivity index (χ4n) is 2.31. The van der Waals surface area contributed by atoms with Crippen molar-refractivity contribution in [1.82, 2.24) is 10.2 Å². The van der Waals surface area contributed by atoms with Gasteiger partial charge in [-0.25, -0.2) is 0 Å². The summed E-state index contributed by atoms with van der Waals surface area (Å²) in [4.78, 5) is 2.21. The first kappa shape index (κ1) is 16.8. The summed E-state index contributed by atoms with van der Waals surface area (Å²) in [5, 5.41) is 4.80. The smallest absolute Gasteiger partial charge is 0.0639 e. The van der Waals surface area contributed by atoms with E-state index in [1.807, 2.05) is 18.2 Å². The van der Waals surface area contributed by atoms with E-state index in [2.05, 4.69) is 45.1 Å². The summed E-state index contributed by atoms with van der Waals surface area (Å²) in [6, 6.07) is 5.96. The molecule has 0 aliphatic rings. The number of nitrogens with one attached hydrogen (secondary N) is 1. The Morgan fingerprint density at radius 3 is 2.47 bits per heavy atom. The second-order valence-corrected chi connectivity index (χ2v) is 6.93. The maximum atomic E-state index is 6.24. The summed E-state index contributed by atoms with van der Waals surface area (Å²) in [6.07, 6.45) is 0. The van der Waals surface area contributed by atoms with Gasteiger partial charge in [0.2, 0.25) is 0 Å². The van der Waals surface area contributed by atoms with Crippen LogP contribution in [0.2, 0.25) is 10.0 Å². The average molecular weight is 303 g/mol. The van der Waals surface area contributed by atoms with Crippen molar-refractivity contribution in [3.8, 4) is 0 Å². The zero-order valence-corrected chi connectivity index (χ0v) is 13.9. The van der Waals surface area contributed by atoms with Gasteiger partial charge in [-0.05, 0) is 38.1 Å². The lowest BCUT2D eigenvalue weighted by molar-refractivity contribution is 0.227. The Kier molecular flexibility index (Phi) is 6.13. The van der Waals surface area contributed by atoms with Crippen LogP contribution in [-0.4, -0.2) is 32.1 Å². The molecule has 1 aromatic carbocycles. The fraction of sp³-hybridized carbons (Fsp3) is 0.600. The molecule has 108 valence electrons. The van der Waals surface area contributed by atoms with Gasteiger partial charge in [0.25, 0.3) is 0 Å². The minimum atomic E-state index is 0.188. The van der Waals surface area contributed by atoms with Gasteiger partial charge in [-0.1, -0.05) is 49.2 Å². The lowest BCUT2D eigenvalue weighted by Gasteiger charge is -2.30. The first-order chi connectivity index (χ1) is 8.73. The minimum Gasteiger partial charge on any atom is -0.310 e. The van der Waals surface area contributed by atoms with Crippen molar-refractivity contribution in [2.45, 2.75) is 26.8 Å². The Hall–Kier alpha value is -0.280. The third kappa shape index (κ3) is 5.31. The quantitative estimate of drug-likeness (QED) is 0.846. The van der Waals surface area contributed by atoms with Crippen LogP contribution in [0.25, 0.3) is 0 Å². The Morgan fingerprint density at radius 1 is 1.26 bits per heavy atom. The maximum Gasteiger partial charge on any atom is 0.0639 e. The van der Waals surface area contributed by atoms with E-state index in [9.17, 15) is 0 Å². The molecule has 0 amide bonds. The van der Waals surface area contributed by atoms with Crippen LogP contribution in [0.1, 0.15) is 32.4 Å². The summed E-state index contributed by atoms with van der Waals surface area (Å²) in [6.45, 7) is 8.59. The van der Waals surface area contributed by atoms with Gasteiger partial charge < -0.3 is 10.2 Å². The van der Waals surface area contributed by atoms with Crippen LogP contribution in [0, 0.1) is 5.41 Å². The molecule has 1 atom stereocenters. The molecule has 0 fully saturated rings. The normalized spacial score (nSPS) is 13.9. The zero-order chi connectivity index (χ0) is 14.6. The molecule has 1 aromatic rings. The molecule has 0 radical (unpaired) electrons.